The Morgan fingerprint density at radius 1 is 0.411 bits per heavy atom. The molecule has 0 fully saturated rings. The summed E-state index contributed by atoms with van der Waals surface area (Å²) in [5, 5.41) is 5.57. The molecule has 0 unspecified atom stereocenters. The molecule has 4 aromatic carbocycles. The predicted octanol–water partition coefficient (Wildman–Crippen LogP) is 21.0. The van der Waals surface area contributed by atoms with Gasteiger partial charge in [-0.2, -0.15) is 0 Å². The summed E-state index contributed by atoms with van der Waals surface area (Å²) in [7, 11) is 0. The Labute approximate surface area is 460 Å². The summed E-state index contributed by atoms with van der Waals surface area (Å²) < 4.78 is 25.8. The van der Waals surface area contributed by atoms with E-state index in [0.717, 1.165) is 43.1 Å². The van der Waals surface area contributed by atoms with Gasteiger partial charge in [0, 0.05) is 55.8 Å². The minimum atomic E-state index is -0.155. The first-order valence-corrected chi connectivity index (χ1v) is 26.8. The normalized spacial score (nSPS) is 11.4. The van der Waals surface area contributed by atoms with E-state index >= 15 is 0 Å². The lowest BCUT2D eigenvalue weighted by Gasteiger charge is -2.20. The van der Waals surface area contributed by atoms with Gasteiger partial charge in [-0.1, -0.05) is 208 Å². The van der Waals surface area contributed by atoms with Crippen molar-refractivity contribution in [2.75, 3.05) is 0 Å². The van der Waals surface area contributed by atoms with E-state index in [1.807, 2.05) is 98.4 Å². The van der Waals surface area contributed by atoms with Crippen LogP contribution in [-0.4, -0.2) is 15.0 Å². The lowest BCUT2D eigenvalue weighted by Crippen LogP contribution is -2.11. The third kappa shape index (κ3) is 27.6. The van der Waals surface area contributed by atoms with Crippen molar-refractivity contribution in [2.45, 2.75) is 178 Å². The molecule has 0 aliphatic heterocycles. The summed E-state index contributed by atoms with van der Waals surface area (Å²) in [6, 6.07) is 35.8. The number of halogens is 5. The standard InChI is InChI=1S/C11H15F.C10H12Cl2.C10H13Cl.C10H13F.C10H15N.C7H11NS.C6H7N/c1-8-5-6-9(7-10(8)12)11(2,3)4;1-10(2,3)8-6-7(11)4-5-9(8)12;2*1-10(2,3)8-5-4-6-9(11)7-8;1-8-5-6-9(7-11-8)10(2,3)4;1-7(2,3)6-8-4-5-9-6;1-6-4-2-3-5-7-6/h5-7H,1-4H3;4-6H,1-3H3;2*4-7H,1-3H3;5-7H,1-4H3;4-5H,1-3H3;2-5H,1H3. The average Bonchev–Trinajstić information content (AvgIpc) is 3.83. The molecule has 0 amide bonds. The zero-order valence-corrected chi connectivity index (χ0v) is 51.0. The summed E-state index contributed by atoms with van der Waals surface area (Å²) in [4.78, 5) is 12.4. The Balaban J connectivity index is 0.000000428. The van der Waals surface area contributed by atoms with Crippen molar-refractivity contribution >= 4 is 46.1 Å². The van der Waals surface area contributed by atoms with Crippen LogP contribution in [0, 0.1) is 32.4 Å². The van der Waals surface area contributed by atoms with Gasteiger partial charge in [0.1, 0.15) is 11.6 Å². The van der Waals surface area contributed by atoms with E-state index in [4.69, 9.17) is 34.8 Å². The molecule has 9 heteroatoms. The highest BCUT2D eigenvalue weighted by molar-refractivity contribution is 7.09. The Kier molecular flexibility index (Phi) is 27.0. The van der Waals surface area contributed by atoms with Gasteiger partial charge >= 0.3 is 0 Å². The highest BCUT2D eigenvalue weighted by Crippen LogP contribution is 2.32. The number of hydrogen-bond donors (Lipinski definition) is 0. The van der Waals surface area contributed by atoms with Crippen molar-refractivity contribution in [3.8, 4) is 0 Å². The number of hydrogen-bond acceptors (Lipinski definition) is 4. The van der Waals surface area contributed by atoms with Gasteiger partial charge in [-0.15, -0.1) is 11.3 Å². The molecule has 7 rings (SSSR count). The van der Waals surface area contributed by atoms with Crippen LogP contribution in [-0.2, 0) is 32.5 Å². The average molecular weight is 1070 g/mol. The Morgan fingerprint density at radius 2 is 0.918 bits per heavy atom. The molecule has 398 valence electrons. The number of thiazole rings is 1. The first-order valence-electron chi connectivity index (χ1n) is 24.8. The van der Waals surface area contributed by atoms with Crippen LogP contribution in [0.2, 0.25) is 15.1 Å². The largest absolute Gasteiger partial charge is 0.262 e. The molecule has 3 aromatic heterocycles. The van der Waals surface area contributed by atoms with Crippen LogP contribution in [0.15, 0.2) is 139 Å². The lowest BCUT2D eigenvalue weighted by atomic mass is 9.86. The molecule has 73 heavy (non-hydrogen) atoms. The second kappa shape index (κ2) is 29.6. The zero-order chi connectivity index (χ0) is 56.2. The number of nitrogens with zero attached hydrogens (tertiary/aromatic N) is 3. The van der Waals surface area contributed by atoms with Crippen LogP contribution >= 0.6 is 46.1 Å². The van der Waals surface area contributed by atoms with Gasteiger partial charge in [-0.3, -0.25) is 9.97 Å². The summed E-state index contributed by atoms with van der Waals surface area (Å²) >= 11 is 19.5. The third-order valence-corrected chi connectivity index (χ3v) is 12.8. The third-order valence-electron chi connectivity index (χ3n) is 10.8. The topological polar surface area (TPSA) is 38.7 Å². The molecule has 0 atom stereocenters. The van der Waals surface area contributed by atoms with E-state index in [0.29, 0.717) is 5.56 Å². The first-order chi connectivity index (χ1) is 33.3. The lowest BCUT2D eigenvalue weighted by molar-refractivity contribution is 0.569. The van der Waals surface area contributed by atoms with Gasteiger partial charge < -0.3 is 0 Å². The second-order valence-electron chi connectivity index (χ2n) is 24.1. The molecule has 0 saturated carbocycles. The number of benzene rings is 4. The van der Waals surface area contributed by atoms with E-state index in [-0.39, 0.29) is 44.1 Å². The fourth-order valence-corrected chi connectivity index (χ4v) is 7.48. The van der Waals surface area contributed by atoms with Crippen LogP contribution in [0.3, 0.4) is 0 Å². The van der Waals surface area contributed by atoms with Crippen LogP contribution in [0.25, 0.3) is 0 Å². The molecule has 0 aliphatic rings. The zero-order valence-electron chi connectivity index (χ0n) is 47.9. The van der Waals surface area contributed by atoms with Gasteiger partial charge in [-0.25, -0.2) is 13.8 Å². The van der Waals surface area contributed by atoms with E-state index in [2.05, 4.69) is 158 Å². The van der Waals surface area contributed by atoms with Crippen molar-refractivity contribution in [3.05, 3.63) is 216 Å². The summed E-state index contributed by atoms with van der Waals surface area (Å²) in [5.41, 5.74) is 9.41. The van der Waals surface area contributed by atoms with E-state index in [1.165, 1.54) is 22.2 Å². The smallest absolute Gasteiger partial charge is 0.126 e. The monoisotopic (exact) mass is 1070 g/mol. The molecule has 0 N–H and O–H groups in total. The maximum absolute atomic E-state index is 13.1. The molecule has 3 nitrogen and oxygen atoms in total. The molecule has 7 aromatic rings. The molecule has 3 heterocycles. The summed E-state index contributed by atoms with van der Waals surface area (Å²) in [6.45, 7) is 44.2. The molecule has 0 bridgehead atoms. The van der Waals surface area contributed by atoms with Crippen LogP contribution < -0.4 is 0 Å². The van der Waals surface area contributed by atoms with Gasteiger partial charge in [0.05, 0.1) is 5.01 Å². The SMILES string of the molecule is CC(C)(C)c1cc(Cl)ccc1Cl.CC(C)(C)c1cccc(Cl)c1.CC(C)(C)c1cccc(F)c1.CC(C)(C)c1nccs1.Cc1ccc(C(C)(C)C)cc1F.Cc1ccc(C(C)(C)C)cn1.Cc1ccccn1. The maximum Gasteiger partial charge on any atom is 0.126 e. The number of rotatable bonds is 0. The molecule has 0 aliphatic carbocycles. The maximum atomic E-state index is 13.1. The minimum Gasteiger partial charge on any atom is -0.262 e. The molecular weight excluding hydrogens is 987 g/mol. The highest BCUT2D eigenvalue weighted by atomic mass is 35.5. The second-order valence-corrected chi connectivity index (χ2v) is 26.3. The van der Waals surface area contributed by atoms with E-state index in [1.54, 1.807) is 48.7 Å². The van der Waals surface area contributed by atoms with Gasteiger partial charge in [-0.05, 0) is 148 Å². The number of aryl methyl sites for hydroxylation is 3. The molecule has 0 spiro atoms. The molecular formula is C64H86Cl3F2N3S. The van der Waals surface area contributed by atoms with Crippen molar-refractivity contribution in [2.24, 2.45) is 0 Å². The van der Waals surface area contributed by atoms with Gasteiger partial charge in [0.25, 0.3) is 0 Å². The predicted molar refractivity (Wildman–Crippen MR) is 318 cm³/mol. The Bertz CT molecular complexity index is 2590. The van der Waals surface area contributed by atoms with Gasteiger partial charge in [0.2, 0.25) is 0 Å². The Morgan fingerprint density at radius 3 is 1.26 bits per heavy atom. The van der Waals surface area contributed by atoms with Crippen molar-refractivity contribution in [1.29, 1.82) is 0 Å². The van der Waals surface area contributed by atoms with Crippen LogP contribution in [0.4, 0.5) is 8.78 Å². The van der Waals surface area contributed by atoms with Crippen molar-refractivity contribution in [1.82, 2.24) is 15.0 Å². The van der Waals surface area contributed by atoms with E-state index in [9.17, 15) is 8.78 Å². The van der Waals surface area contributed by atoms with Crippen molar-refractivity contribution < 1.29 is 8.78 Å². The fraction of sp³-hybridized carbons (Fsp3) is 0.422. The van der Waals surface area contributed by atoms with Crippen molar-refractivity contribution in [3.63, 3.8) is 0 Å². The number of pyridine rings is 2. The van der Waals surface area contributed by atoms with E-state index < -0.39 is 0 Å². The highest BCUT2D eigenvalue weighted by Gasteiger charge is 2.19. The molecule has 0 radical (unpaired) electrons. The minimum absolute atomic E-state index is 0.0362. The Hall–Kier alpha value is -4.46. The van der Waals surface area contributed by atoms with Crippen LogP contribution in [0.5, 0.6) is 0 Å². The first kappa shape index (κ1) is 66.6. The van der Waals surface area contributed by atoms with Crippen LogP contribution in [0.1, 0.15) is 174 Å². The molecule has 0 saturated heterocycles. The number of aromatic nitrogens is 3. The summed E-state index contributed by atoms with van der Waals surface area (Å²) in [5.74, 6) is -0.264. The summed E-state index contributed by atoms with van der Waals surface area (Å²) in [6.07, 6.45) is 5.59. The fourth-order valence-electron chi connectivity index (χ4n) is 6.00. The van der Waals surface area contributed by atoms with Gasteiger partial charge in [0.15, 0.2) is 0 Å². The quantitative estimate of drug-likeness (QED) is 0.152.